The van der Waals surface area contributed by atoms with Gasteiger partial charge in [0.2, 0.25) is 0 Å². The third-order valence-electron chi connectivity index (χ3n) is 5.17. The Bertz CT molecular complexity index is 721. The van der Waals surface area contributed by atoms with E-state index in [0.717, 1.165) is 43.8 Å². The van der Waals surface area contributed by atoms with Gasteiger partial charge in [-0.2, -0.15) is 0 Å². The first-order chi connectivity index (χ1) is 11.7. The van der Waals surface area contributed by atoms with Crippen molar-refractivity contribution >= 4 is 17.5 Å². The summed E-state index contributed by atoms with van der Waals surface area (Å²) in [4.78, 5) is 14.3. The molecule has 1 aromatic heterocycles. The Kier molecular flexibility index (Phi) is 4.33. The molecule has 1 aromatic carbocycles. The van der Waals surface area contributed by atoms with Crippen LogP contribution in [0.4, 0.5) is 0 Å². The number of hydrogen-bond donors (Lipinski definition) is 1. The van der Waals surface area contributed by atoms with E-state index in [4.69, 9.17) is 16.0 Å². The fourth-order valence-electron chi connectivity index (χ4n) is 3.86. The summed E-state index contributed by atoms with van der Waals surface area (Å²) < 4.78 is 5.01. The minimum absolute atomic E-state index is 0.0723. The van der Waals surface area contributed by atoms with Gasteiger partial charge in [0.1, 0.15) is 6.26 Å². The minimum Gasteiger partial charge on any atom is -0.472 e. The lowest BCUT2D eigenvalue weighted by molar-refractivity contribution is 0.0701. The van der Waals surface area contributed by atoms with Crippen molar-refractivity contribution in [2.45, 2.75) is 37.8 Å². The molecule has 1 N–H and O–H groups in total. The molecule has 0 unspecified atom stereocenters. The largest absolute Gasteiger partial charge is 0.472 e. The molecule has 1 fully saturated rings. The van der Waals surface area contributed by atoms with Crippen LogP contribution in [0.25, 0.3) is 0 Å². The van der Waals surface area contributed by atoms with Crippen molar-refractivity contribution in [3.63, 3.8) is 0 Å². The van der Waals surface area contributed by atoms with Gasteiger partial charge < -0.3 is 14.6 Å². The van der Waals surface area contributed by atoms with Crippen LogP contribution in [0.2, 0.25) is 5.02 Å². The molecule has 126 valence electrons. The van der Waals surface area contributed by atoms with E-state index in [1.165, 1.54) is 17.4 Å². The van der Waals surface area contributed by atoms with Gasteiger partial charge in [-0.25, -0.2) is 0 Å². The highest BCUT2D eigenvalue weighted by Crippen LogP contribution is 2.33. The minimum atomic E-state index is 0.0723. The number of hydrogen-bond acceptors (Lipinski definition) is 3. The zero-order valence-electron chi connectivity index (χ0n) is 13.5. The molecule has 1 aliphatic heterocycles. The zero-order valence-corrected chi connectivity index (χ0v) is 14.3. The Labute approximate surface area is 146 Å². The molecule has 1 atom stereocenters. The maximum Gasteiger partial charge on any atom is 0.257 e. The monoisotopic (exact) mass is 344 g/mol. The number of halogens is 1. The second kappa shape index (κ2) is 6.61. The van der Waals surface area contributed by atoms with E-state index in [9.17, 15) is 4.79 Å². The number of piperidine rings is 1. The molecule has 0 bridgehead atoms. The smallest absolute Gasteiger partial charge is 0.257 e. The topological polar surface area (TPSA) is 45.5 Å². The second-order valence-corrected chi connectivity index (χ2v) is 7.12. The number of likely N-dealkylation sites (tertiary alicyclic amines) is 1. The molecule has 2 aromatic rings. The van der Waals surface area contributed by atoms with Gasteiger partial charge >= 0.3 is 0 Å². The molecule has 5 heteroatoms. The maximum atomic E-state index is 12.3. The third kappa shape index (κ3) is 3.08. The number of benzene rings is 1. The van der Waals surface area contributed by atoms with Gasteiger partial charge in [-0.05, 0) is 55.0 Å². The van der Waals surface area contributed by atoms with E-state index in [1.807, 2.05) is 11.0 Å². The normalized spacial score (nSPS) is 21.0. The van der Waals surface area contributed by atoms with Crippen LogP contribution in [0.1, 0.15) is 46.8 Å². The van der Waals surface area contributed by atoms with Crippen molar-refractivity contribution in [1.82, 2.24) is 10.2 Å². The molecule has 0 radical (unpaired) electrons. The molecule has 4 rings (SSSR count). The first-order valence-corrected chi connectivity index (χ1v) is 8.94. The van der Waals surface area contributed by atoms with Crippen LogP contribution in [0.3, 0.4) is 0 Å². The number of nitrogens with zero attached hydrogens (tertiary/aromatic N) is 1. The van der Waals surface area contributed by atoms with Crippen LogP contribution in [-0.2, 0) is 6.42 Å². The van der Waals surface area contributed by atoms with Gasteiger partial charge in [0.25, 0.3) is 5.91 Å². The van der Waals surface area contributed by atoms with Crippen LogP contribution in [0.5, 0.6) is 0 Å². The summed E-state index contributed by atoms with van der Waals surface area (Å²) in [7, 11) is 0. The van der Waals surface area contributed by atoms with Gasteiger partial charge in [0.05, 0.1) is 11.8 Å². The second-order valence-electron chi connectivity index (χ2n) is 6.68. The lowest BCUT2D eigenvalue weighted by Crippen LogP contribution is -2.45. The van der Waals surface area contributed by atoms with E-state index in [-0.39, 0.29) is 5.91 Å². The summed E-state index contributed by atoms with van der Waals surface area (Å²) in [6.07, 6.45) is 7.26. The Hall–Kier alpha value is -1.78. The third-order valence-corrected chi connectivity index (χ3v) is 5.41. The highest BCUT2D eigenvalue weighted by atomic mass is 35.5. The summed E-state index contributed by atoms with van der Waals surface area (Å²) in [5, 5.41) is 4.61. The summed E-state index contributed by atoms with van der Waals surface area (Å²) >= 11 is 6.09. The summed E-state index contributed by atoms with van der Waals surface area (Å²) in [5.41, 5.74) is 3.40. The van der Waals surface area contributed by atoms with Crippen molar-refractivity contribution in [3.8, 4) is 0 Å². The maximum absolute atomic E-state index is 12.3. The SMILES string of the molecule is O=C(c1ccoc1)N1CCC(N[C@@H]2CCc3cc(Cl)ccc32)CC1. The highest BCUT2D eigenvalue weighted by molar-refractivity contribution is 6.30. The van der Waals surface area contributed by atoms with Gasteiger partial charge in [-0.3, -0.25) is 4.79 Å². The lowest BCUT2D eigenvalue weighted by Gasteiger charge is -2.34. The average Bonchev–Trinajstić information content (AvgIpc) is 3.25. The first-order valence-electron chi connectivity index (χ1n) is 8.56. The predicted octanol–water partition coefficient (Wildman–Crippen LogP) is 3.81. The number of rotatable bonds is 3. The number of amides is 1. The molecule has 2 aliphatic rings. The average molecular weight is 345 g/mol. The van der Waals surface area contributed by atoms with Crippen LogP contribution in [0, 0.1) is 0 Å². The molecule has 2 heterocycles. The molecule has 1 saturated heterocycles. The first kappa shape index (κ1) is 15.7. The summed E-state index contributed by atoms with van der Waals surface area (Å²) in [5.74, 6) is 0.0723. The number of nitrogens with one attached hydrogen (secondary N) is 1. The fourth-order valence-corrected chi connectivity index (χ4v) is 4.06. The van der Waals surface area contributed by atoms with Crippen molar-refractivity contribution in [2.75, 3.05) is 13.1 Å². The molecule has 0 saturated carbocycles. The molecule has 24 heavy (non-hydrogen) atoms. The Balaban J connectivity index is 1.34. The van der Waals surface area contributed by atoms with Gasteiger partial charge in [0.15, 0.2) is 0 Å². The van der Waals surface area contributed by atoms with Crippen molar-refractivity contribution in [3.05, 3.63) is 58.5 Å². The van der Waals surface area contributed by atoms with Crippen LogP contribution >= 0.6 is 11.6 Å². The van der Waals surface area contributed by atoms with E-state index < -0.39 is 0 Å². The molecule has 1 amide bonds. The van der Waals surface area contributed by atoms with E-state index in [0.29, 0.717) is 17.6 Å². The number of fused-ring (bicyclic) bond motifs is 1. The van der Waals surface area contributed by atoms with Crippen molar-refractivity contribution < 1.29 is 9.21 Å². The standard InChI is InChI=1S/C19H21ClN2O2/c20-15-2-3-17-13(11-15)1-4-18(17)21-16-5-8-22(9-6-16)19(23)14-7-10-24-12-14/h2-3,7,10-12,16,18,21H,1,4-6,8-9H2/t18-/m1/s1. The van der Waals surface area contributed by atoms with Crippen LogP contribution in [-0.4, -0.2) is 29.9 Å². The van der Waals surface area contributed by atoms with Gasteiger partial charge in [-0.15, -0.1) is 0 Å². The lowest BCUT2D eigenvalue weighted by atomic mass is 10.0. The summed E-state index contributed by atoms with van der Waals surface area (Å²) in [6.45, 7) is 1.59. The van der Waals surface area contributed by atoms with Crippen LogP contribution in [0.15, 0.2) is 41.2 Å². The van der Waals surface area contributed by atoms with Gasteiger partial charge in [-0.1, -0.05) is 17.7 Å². The molecule has 1 aliphatic carbocycles. The number of carbonyl (C=O) groups excluding carboxylic acids is 1. The Morgan fingerprint density at radius 2 is 2.04 bits per heavy atom. The molecule has 0 spiro atoms. The van der Waals surface area contributed by atoms with Gasteiger partial charge in [0, 0.05) is 30.2 Å². The van der Waals surface area contributed by atoms with E-state index >= 15 is 0 Å². The Morgan fingerprint density at radius 3 is 2.79 bits per heavy atom. The predicted molar refractivity (Wildman–Crippen MR) is 93.3 cm³/mol. The number of aryl methyl sites for hydroxylation is 1. The van der Waals surface area contributed by atoms with Crippen molar-refractivity contribution in [1.29, 1.82) is 0 Å². The highest BCUT2D eigenvalue weighted by Gasteiger charge is 2.28. The number of carbonyl (C=O) groups is 1. The Morgan fingerprint density at radius 1 is 1.21 bits per heavy atom. The molecular formula is C19H21ClN2O2. The molecular weight excluding hydrogens is 324 g/mol. The molecule has 4 nitrogen and oxygen atoms in total. The zero-order chi connectivity index (χ0) is 16.5. The summed E-state index contributed by atoms with van der Waals surface area (Å²) in [6, 6.07) is 8.83. The number of furan rings is 1. The van der Waals surface area contributed by atoms with E-state index in [1.54, 1.807) is 12.3 Å². The van der Waals surface area contributed by atoms with Crippen LogP contribution < -0.4 is 5.32 Å². The van der Waals surface area contributed by atoms with E-state index in [2.05, 4.69) is 17.4 Å². The van der Waals surface area contributed by atoms with Crippen molar-refractivity contribution in [2.24, 2.45) is 0 Å². The quantitative estimate of drug-likeness (QED) is 0.920. The fraction of sp³-hybridized carbons (Fsp3) is 0.421.